The normalized spacial score (nSPS) is 16.3. The molecule has 0 N–H and O–H groups in total. The second kappa shape index (κ2) is 13.3. The van der Waals surface area contributed by atoms with Crippen LogP contribution < -0.4 is 0 Å². The lowest BCUT2D eigenvalue weighted by Gasteiger charge is -2.25. The molecular formula is C22H45N. The summed E-state index contributed by atoms with van der Waals surface area (Å²) >= 11 is 0. The Morgan fingerprint density at radius 3 is 1.70 bits per heavy atom. The fraction of sp³-hybridized carbons (Fsp3) is 1.00. The summed E-state index contributed by atoms with van der Waals surface area (Å²) in [6.45, 7) is 11.4. The standard InChI is InChI=1S/C22H45N/c1-4-5-6-7-8-9-10-11-12-17-22(2,3)18-13-14-19-23-20-15-16-21-23/h4-21H2,1-3H3. The summed E-state index contributed by atoms with van der Waals surface area (Å²) < 4.78 is 0. The Morgan fingerprint density at radius 1 is 0.652 bits per heavy atom. The molecule has 0 aromatic heterocycles. The van der Waals surface area contributed by atoms with Crippen molar-refractivity contribution in [1.29, 1.82) is 0 Å². The first-order chi connectivity index (χ1) is 11.1. The Bertz CT molecular complexity index is 253. The first kappa shape index (κ1) is 21.0. The Balaban J connectivity index is 1.87. The SMILES string of the molecule is CCCCCCCCCCCC(C)(C)CCCCN1CCCC1. The first-order valence-electron chi connectivity index (χ1n) is 10.9. The molecule has 0 amide bonds. The number of nitrogens with zero attached hydrogens (tertiary/aromatic N) is 1. The number of unbranched alkanes of at least 4 members (excludes halogenated alkanes) is 9. The van der Waals surface area contributed by atoms with Gasteiger partial charge in [0, 0.05) is 0 Å². The van der Waals surface area contributed by atoms with Crippen molar-refractivity contribution in [3.8, 4) is 0 Å². The van der Waals surface area contributed by atoms with Crippen LogP contribution in [-0.2, 0) is 0 Å². The third-order valence-corrected chi connectivity index (χ3v) is 5.73. The Kier molecular flexibility index (Phi) is 12.1. The topological polar surface area (TPSA) is 3.24 Å². The van der Waals surface area contributed by atoms with E-state index in [4.69, 9.17) is 0 Å². The van der Waals surface area contributed by atoms with Gasteiger partial charge in [0.05, 0.1) is 0 Å². The van der Waals surface area contributed by atoms with Crippen molar-refractivity contribution in [3.05, 3.63) is 0 Å². The Hall–Kier alpha value is -0.0400. The maximum Gasteiger partial charge on any atom is -0.00183 e. The fourth-order valence-corrected chi connectivity index (χ4v) is 3.98. The van der Waals surface area contributed by atoms with Gasteiger partial charge in [-0.1, -0.05) is 85.0 Å². The zero-order valence-electron chi connectivity index (χ0n) is 16.7. The van der Waals surface area contributed by atoms with Gasteiger partial charge in [-0.2, -0.15) is 0 Å². The van der Waals surface area contributed by atoms with Crippen molar-refractivity contribution in [1.82, 2.24) is 4.90 Å². The summed E-state index contributed by atoms with van der Waals surface area (Å²) in [6, 6.07) is 0. The van der Waals surface area contributed by atoms with E-state index in [9.17, 15) is 0 Å². The van der Waals surface area contributed by atoms with Crippen LogP contribution in [0.25, 0.3) is 0 Å². The second-order valence-electron chi connectivity index (χ2n) is 8.75. The molecule has 0 aromatic carbocycles. The van der Waals surface area contributed by atoms with E-state index in [0.29, 0.717) is 5.41 Å². The monoisotopic (exact) mass is 323 g/mol. The van der Waals surface area contributed by atoms with E-state index in [-0.39, 0.29) is 0 Å². The van der Waals surface area contributed by atoms with Crippen molar-refractivity contribution >= 4 is 0 Å². The van der Waals surface area contributed by atoms with Gasteiger partial charge in [-0.25, -0.2) is 0 Å². The van der Waals surface area contributed by atoms with Crippen LogP contribution in [0.4, 0.5) is 0 Å². The van der Waals surface area contributed by atoms with Crippen LogP contribution >= 0.6 is 0 Å². The van der Waals surface area contributed by atoms with Crippen molar-refractivity contribution in [2.24, 2.45) is 5.41 Å². The summed E-state index contributed by atoms with van der Waals surface area (Å²) in [5.41, 5.74) is 0.576. The van der Waals surface area contributed by atoms with Crippen molar-refractivity contribution in [3.63, 3.8) is 0 Å². The van der Waals surface area contributed by atoms with Crippen molar-refractivity contribution < 1.29 is 0 Å². The quantitative estimate of drug-likeness (QED) is 0.288. The number of hydrogen-bond donors (Lipinski definition) is 0. The largest absolute Gasteiger partial charge is 0.303 e. The lowest BCUT2D eigenvalue weighted by Crippen LogP contribution is -2.21. The minimum atomic E-state index is 0.576. The van der Waals surface area contributed by atoms with Gasteiger partial charge in [0.2, 0.25) is 0 Å². The fourth-order valence-electron chi connectivity index (χ4n) is 3.98. The zero-order valence-corrected chi connectivity index (χ0v) is 16.7. The smallest absolute Gasteiger partial charge is 0.00183 e. The summed E-state index contributed by atoms with van der Waals surface area (Å²) in [5.74, 6) is 0. The molecule has 1 saturated heterocycles. The van der Waals surface area contributed by atoms with Crippen LogP contribution in [0.5, 0.6) is 0 Å². The lowest BCUT2D eigenvalue weighted by atomic mass is 9.82. The van der Waals surface area contributed by atoms with E-state index >= 15 is 0 Å². The average molecular weight is 324 g/mol. The number of likely N-dealkylation sites (tertiary alicyclic amines) is 1. The minimum absolute atomic E-state index is 0.576. The summed E-state index contributed by atoms with van der Waals surface area (Å²) in [4.78, 5) is 2.66. The molecule has 1 aliphatic heterocycles. The maximum absolute atomic E-state index is 2.66. The molecule has 1 nitrogen and oxygen atoms in total. The Labute approximate surface area is 147 Å². The molecular weight excluding hydrogens is 278 g/mol. The number of rotatable bonds is 15. The van der Waals surface area contributed by atoms with Gasteiger partial charge in [-0.15, -0.1) is 0 Å². The highest BCUT2D eigenvalue weighted by Gasteiger charge is 2.17. The third kappa shape index (κ3) is 12.0. The van der Waals surface area contributed by atoms with Gasteiger partial charge in [-0.3, -0.25) is 0 Å². The van der Waals surface area contributed by atoms with E-state index in [1.54, 1.807) is 0 Å². The summed E-state index contributed by atoms with van der Waals surface area (Å²) in [5, 5.41) is 0. The van der Waals surface area contributed by atoms with Crippen molar-refractivity contribution in [2.45, 2.75) is 117 Å². The maximum atomic E-state index is 2.66. The van der Waals surface area contributed by atoms with E-state index in [1.807, 2.05) is 0 Å². The highest BCUT2D eigenvalue weighted by Crippen LogP contribution is 2.30. The zero-order chi connectivity index (χ0) is 16.8. The molecule has 1 aliphatic rings. The highest BCUT2D eigenvalue weighted by atomic mass is 15.1. The van der Waals surface area contributed by atoms with Crippen LogP contribution in [0, 0.1) is 5.41 Å². The predicted molar refractivity (Wildman–Crippen MR) is 105 cm³/mol. The van der Waals surface area contributed by atoms with E-state index in [2.05, 4.69) is 25.7 Å². The molecule has 0 atom stereocenters. The highest BCUT2D eigenvalue weighted by molar-refractivity contribution is 4.70. The van der Waals surface area contributed by atoms with Gasteiger partial charge >= 0.3 is 0 Å². The number of hydrogen-bond acceptors (Lipinski definition) is 1. The van der Waals surface area contributed by atoms with E-state index < -0.39 is 0 Å². The van der Waals surface area contributed by atoms with Gasteiger partial charge in [-0.05, 0) is 57.2 Å². The van der Waals surface area contributed by atoms with E-state index in [1.165, 1.54) is 116 Å². The summed E-state index contributed by atoms with van der Waals surface area (Å²) in [7, 11) is 0. The molecule has 0 spiro atoms. The molecule has 0 radical (unpaired) electrons. The first-order valence-corrected chi connectivity index (χ1v) is 10.9. The molecule has 1 heteroatoms. The van der Waals surface area contributed by atoms with E-state index in [0.717, 1.165) is 0 Å². The van der Waals surface area contributed by atoms with Gasteiger partial charge in [0.15, 0.2) is 0 Å². The van der Waals surface area contributed by atoms with Crippen LogP contribution in [0.15, 0.2) is 0 Å². The van der Waals surface area contributed by atoms with Gasteiger partial charge in [0.1, 0.15) is 0 Å². The molecule has 0 aliphatic carbocycles. The average Bonchev–Trinajstić information content (AvgIpc) is 3.03. The van der Waals surface area contributed by atoms with Crippen LogP contribution in [-0.4, -0.2) is 24.5 Å². The van der Waals surface area contributed by atoms with Crippen molar-refractivity contribution in [2.75, 3.05) is 19.6 Å². The molecule has 0 unspecified atom stereocenters. The van der Waals surface area contributed by atoms with Crippen LogP contribution in [0.2, 0.25) is 0 Å². The van der Waals surface area contributed by atoms with Crippen LogP contribution in [0.3, 0.4) is 0 Å². The molecule has 0 aromatic rings. The predicted octanol–water partition coefficient (Wildman–Crippen LogP) is 7.20. The van der Waals surface area contributed by atoms with Crippen LogP contribution in [0.1, 0.15) is 117 Å². The molecule has 23 heavy (non-hydrogen) atoms. The molecule has 1 heterocycles. The molecule has 0 saturated carbocycles. The molecule has 1 fully saturated rings. The summed E-state index contributed by atoms with van der Waals surface area (Å²) in [6.07, 6.45) is 21.6. The second-order valence-corrected chi connectivity index (χ2v) is 8.75. The molecule has 0 bridgehead atoms. The third-order valence-electron chi connectivity index (χ3n) is 5.73. The lowest BCUT2D eigenvalue weighted by molar-refractivity contribution is 0.267. The Morgan fingerprint density at radius 2 is 1.13 bits per heavy atom. The van der Waals surface area contributed by atoms with Gasteiger partial charge < -0.3 is 4.90 Å². The minimum Gasteiger partial charge on any atom is -0.303 e. The molecule has 138 valence electrons. The molecule has 1 rings (SSSR count). The van der Waals surface area contributed by atoms with Gasteiger partial charge in [0.25, 0.3) is 0 Å².